The average Bonchev–Trinajstić information content (AvgIpc) is 2.38. The number of H-pyrrole nitrogens is 1. The van der Waals surface area contributed by atoms with Crippen LogP contribution in [0.3, 0.4) is 0 Å². The summed E-state index contributed by atoms with van der Waals surface area (Å²) in [5.41, 5.74) is 1.87. The van der Waals surface area contributed by atoms with Crippen molar-refractivity contribution in [3.05, 3.63) is 40.8 Å². The molecule has 1 N–H and O–H groups in total. The van der Waals surface area contributed by atoms with Gasteiger partial charge in [0.25, 0.3) is 0 Å². The first kappa shape index (κ1) is 14.7. The number of nitrogens with one attached hydrogen (secondary N) is 1. The summed E-state index contributed by atoms with van der Waals surface area (Å²) in [5.74, 6) is 1.73. The Kier molecular flexibility index (Phi) is 4.23. The van der Waals surface area contributed by atoms with Crippen LogP contribution < -0.4 is 4.74 Å². The van der Waals surface area contributed by atoms with E-state index in [1.807, 2.05) is 37.3 Å². The monoisotopic (exact) mass is 288 g/mol. The summed E-state index contributed by atoms with van der Waals surface area (Å²) in [4.78, 5) is 7.81. The van der Waals surface area contributed by atoms with Crippen LogP contribution >= 0.6 is 12.2 Å². The molecular formula is C16H20N2OS. The zero-order chi connectivity index (χ0) is 14.8. The molecule has 4 heteroatoms. The molecule has 0 aliphatic rings. The first-order valence-electron chi connectivity index (χ1n) is 6.76. The number of hydrogen-bond donors (Lipinski definition) is 1. The minimum atomic E-state index is -0.0792. The lowest BCUT2D eigenvalue weighted by Crippen LogP contribution is -2.16. The van der Waals surface area contributed by atoms with E-state index in [2.05, 4.69) is 30.7 Å². The van der Waals surface area contributed by atoms with Gasteiger partial charge < -0.3 is 9.72 Å². The topological polar surface area (TPSA) is 37.9 Å². The quantitative estimate of drug-likeness (QED) is 0.845. The van der Waals surface area contributed by atoms with Gasteiger partial charge in [0.15, 0.2) is 0 Å². The minimum absolute atomic E-state index is 0.0792. The van der Waals surface area contributed by atoms with Gasteiger partial charge in [0.05, 0.1) is 12.3 Å². The maximum absolute atomic E-state index is 5.68. The predicted molar refractivity (Wildman–Crippen MR) is 84.7 cm³/mol. The summed E-state index contributed by atoms with van der Waals surface area (Å²) >= 11 is 5.29. The zero-order valence-electron chi connectivity index (χ0n) is 12.4. The van der Waals surface area contributed by atoms with Crippen molar-refractivity contribution >= 4 is 12.2 Å². The predicted octanol–water partition coefficient (Wildman–Crippen LogP) is 4.50. The van der Waals surface area contributed by atoms with E-state index >= 15 is 0 Å². The van der Waals surface area contributed by atoms with E-state index in [1.54, 1.807) is 0 Å². The van der Waals surface area contributed by atoms with Crippen molar-refractivity contribution < 1.29 is 4.74 Å². The van der Waals surface area contributed by atoms with Crippen molar-refractivity contribution in [1.82, 2.24) is 9.97 Å². The fraction of sp³-hybridized carbons (Fsp3) is 0.375. The Hall–Kier alpha value is -1.68. The molecule has 2 aromatic rings. The van der Waals surface area contributed by atoms with Crippen LogP contribution in [0.1, 0.15) is 33.5 Å². The highest BCUT2D eigenvalue weighted by molar-refractivity contribution is 7.71. The van der Waals surface area contributed by atoms with Crippen molar-refractivity contribution in [3.63, 3.8) is 0 Å². The van der Waals surface area contributed by atoms with E-state index in [4.69, 9.17) is 17.0 Å². The maximum Gasteiger partial charge on any atom is 0.130 e. The third-order valence-corrected chi connectivity index (χ3v) is 3.14. The van der Waals surface area contributed by atoms with Crippen molar-refractivity contribution in [2.75, 3.05) is 6.61 Å². The number of benzene rings is 1. The molecule has 1 aromatic carbocycles. The van der Waals surface area contributed by atoms with Gasteiger partial charge in [-0.2, -0.15) is 0 Å². The molecule has 1 aromatic heterocycles. The Morgan fingerprint density at radius 3 is 2.60 bits per heavy atom. The van der Waals surface area contributed by atoms with Gasteiger partial charge in [-0.15, -0.1) is 0 Å². The highest BCUT2D eigenvalue weighted by Crippen LogP contribution is 2.30. The fourth-order valence-electron chi connectivity index (χ4n) is 1.93. The van der Waals surface area contributed by atoms with E-state index in [0.29, 0.717) is 11.2 Å². The van der Waals surface area contributed by atoms with Crippen LogP contribution in [-0.4, -0.2) is 16.6 Å². The molecule has 0 saturated carbocycles. The molecule has 1 heterocycles. The van der Waals surface area contributed by atoms with Crippen LogP contribution in [-0.2, 0) is 5.41 Å². The van der Waals surface area contributed by atoms with E-state index < -0.39 is 0 Å². The van der Waals surface area contributed by atoms with Crippen molar-refractivity contribution in [2.45, 2.75) is 33.1 Å². The van der Waals surface area contributed by atoms with Crippen molar-refractivity contribution in [2.24, 2.45) is 0 Å². The first-order chi connectivity index (χ1) is 9.41. The largest absolute Gasteiger partial charge is 0.493 e. The summed E-state index contributed by atoms with van der Waals surface area (Å²) in [5, 5.41) is 0. The fourth-order valence-corrected chi connectivity index (χ4v) is 2.14. The van der Waals surface area contributed by atoms with Gasteiger partial charge in [0.1, 0.15) is 16.2 Å². The Morgan fingerprint density at radius 1 is 1.25 bits per heavy atom. The number of nitrogens with zero attached hydrogens (tertiary/aromatic N) is 1. The SMILES string of the molecule is CCOc1ccccc1-c1cc(=S)nc(C(C)(C)C)[nH]1. The highest BCUT2D eigenvalue weighted by atomic mass is 32.1. The lowest BCUT2D eigenvalue weighted by atomic mass is 9.95. The number of ether oxygens (including phenoxy) is 1. The molecule has 3 nitrogen and oxygen atoms in total. The molecule has 0 unspecified atom stereocenters. The average molecular weight is 288 g/mol. The van der Waals surface area contributed by atoms with Crippen LogP contribution in [0.2, 0.25) is 0 Å². The van der Waals surface area contributed by atoms with Crippen molar-refractivity contribution in [1.29, 1.82) is 0 Å². The Labute approximate surface area is 125 Å². The third kappa shape index (κ3) is 3.25. The standard InChI is InChI=1S/C16H20N2OS/c1-5-19-13-9-7-6-8-11(13)12-10-14(20)18-15(17-12)16(2,3)4/h6-10H,5H2,1-4H3,(H,17,18,20). The van der Waals surface area contributed by atoms with Crippen molar-refractivity contribution in [3.8, 4) is 17.0 Å². The molecule has 0 amide bonds. The molecule has 0 atom stereocenters. The van der Waals surface area contributed by atoms with Gasteiger partial charge in [-0.05, 0) is 25.1 Å². The second-order valence-corrected chi connectivity index (χ2v) is 6.08. The van der Waals surface area contributed by atoms with Gasteiger partial charge in [-0.1, -0.05) is 45.1 Å². The molecule has 20 heavy (non-hydrogen) atoms. The summed E-state index contributed by atoms with van der Waals surface area (Å²) in [6.07, 6.45) is 0. The molecule has 0 aliphatic heterocycles. The van der Waals surface area contributed by atoms with Crippen LogP contribution in [0, 0.1) is 4.64 Å². The van der Waals surface area contributed by atoms with Gasteiger partial charge in [0.2, 0.25) is 0 Å². The minimum Gasteiger partial charge on any atom is -0.493 e. The number of para-hydroxylation sites is 1. The number of aromatic amines is 1. The maximum atomic E-state index is 5.68. The second kappa shape index (κ2) is 5.75. The van der Waals surface area contributed by atoms with Crippen LogP contribution in [0.15, 0.2) is 30.3 Å². The molecule has 106 valence electrons. The van der Waals surface area contributed by atoms with Crippen LogP contribution in [0.5, 0.6) is 5.75 Å². The van der Waals surface area contributed by atoms with Gasteiger partial charge in [-0.25, -0.2) is 4.98 Å². The number of rotatable bonds is 3. The molecule has 0 bridgehead atoms. The van der Waals surface area contributed by atoms with Gasteiger partial charge >= 0.3 is 0 Å². The smallest absolute Gasteiger partial charge is 0.130 e. The molecule has 0 fully saturated rings. The lowest BCUT2D eigenvalue weighted by Gasteiger charge is -2.19. The van der Waals surface area contributed by atoms with E-state index in [-0.39, 0.29) is 5.41 Å². The lowest BCUT2D eigenvalue weighted by molar-refractivity contribution is 0.341. The third-order valence-electron chi connectivity index (χ3n) is 2.93. The second-order valence-electron chi connectivity index (χ2n) is 5.66. The molecular weight excluding hydrogens is 268 g/mol. The van der Waals surface area contributed by atoms with E-state index in [1.165, 1.54) is 0 Å². The molecule has 0 saturated heterocycles. The summed E-state index contributed by atoms with van der Waals surface area (Å²) in [6, 6.07) is 9.83. The molecule has 2 rings (SSSR count). The van der Waals surface area contributed by atoms with E-state index in [0.717, 1.165) is 22.8 Å². The first-order valence-corrected chi connectivity index (χ1v) is 7.16. The van der Waals surface area contributed by atoms with Crippen LogP contribution in [0.4, 0.5) is 0 Å². The van der Waals surface area contributed by atoms with E-state index in [9.17, 15) is 0 Å². The Balaban J connectivity index is 2.59. The van der Waals surface area contributed by atoms with Gasteiger partial charge in [0, 0.05) is 11.0 Å². The Morgan fingerprint density at radius 2 is 1.95 bits per heavy atom. The summed E-state index contributed by atoms with van der Waals surface area (Å²) in [6.45, 7) is 8.94. The van der Waals surface area contributed by atoms with Crippen LogP contribution in [0.25, 0.3) is 11.3 Å². The molecule has 0 spiro atoms. The number of hydrogen-bond acceptors (Lipinski definition) is 3. The zero-order valence-corrected chi connectivity index (χ0v) is 13.2. The molecule has 0 aliphatic carbocycles. The molecule has 0 radical (unpaired) electrons. The highest BCUT2D eigenvalue weighted by Gasteiger charge is 2.18. The summed E-state index contributed by atoms with van der Waals surface area (Å²) < 4.78 is 6.27. The Bertz CT molecular complexity index is 656. The number of aromatic nitrogens is 2. The normalized spacial score (nSPS) is 11.4. The summed E-state index contributed by atoms with van der Waals surface area (Å²) in [7, 11) is 0. The van der Waals surface area contributed by atoms with Gasteiger partial charge in [-0.3, -0.25) is 0 Å².